The van der Waals surface area contributed by atoms with Gasteiger partial charge in [-0.05, 0) is 33.8 Å². The molecule has 1 aliphatic rings. The SMILES string of the molecule is Cc1cc(C(C)NC(=O)NCCC2(C)OCCO2)c(C)o1. The van der Waals surface area contributed by atoms with Gasteiger partial charge in [0.1, 0.15) is 11.5 Å². The number of rotatable bonds is 5. The molecule has 1 aromatic rings. The van der Waals surface area contributed by atoms with E-state index in [1.807, 2.05) is 33.8 Å². The topological polar surface area (TPSA) is 72.7 Å². The largest absolute Gasteiger partial charge is 0.466 e. The van der Waals surface area contributed by atoms with Crippen LogP contribution in [0, 0.1) is 13.8 Å². The lowest BCUT2D eigenvalue weighted by Gasteiger charge is -2.22. The molecule has 2 N–H and O–H groups in total. The molecule has 0 bridgehead atoms. The lowest BCUT2D eigenvalue weighted by atomic mass is 10.1. The standard InChI is InChI=1S/C15H24N2O4/c1-10-9-13(12(3)21-10)11(2)17-14(18)16-6-5-15(4)19-7-8-20-15/h9,11H,5-8H2,1-4H3,(H2,16,17,18). The summed E-state index contributed by atoms with van der Waals surface area (Å²) >= 11 is 0. The van der Waals surface area contributed by atoms with Gasteiger partial charge >= 0.3 is 6.03 Å². The molecule has 1 atom stereocenters. The summed E-state index contributed by atoms with van der Waals surface area (Å²) in [6.07, 6.45) is 0.624. The molecule has 6 heteroatoms. The first kappa shape index (κ1) is 15.9. The van der Waals surface area contributed by atoms with Gasteiger partial charge in [-0.3, -0.25) is 0 Å². The highest BCUT2D eigenvalue weighted by Gasteiger charge is 2.30. The zero-order chi connectivity index (χ0) is 15.5. The third-order valence-corrected chi connectivity index (χ3v) is 3.66. The van der Waals surface area contributed by atoms with E-state index in [1.54, 1.807) is 0 Å². The summed E-state index contributed by atoms with van der Waals surface area (Å²) in [6, 6.07) is 1.64. The molecule has 1 saturated heterocycles. The molecule has 0 radical (unpaired) electrons. The smallest absolute Gasteiger partial charge is 0.315 e. The summed E-state index contributed by atoms with van der Waals surface area (Å²) in [5.74, 6) is 1.11. The van der Waals surface area contributed by atoms with Crippen molar-refractivity contribution in [2.45, 2.75) is 45.9 Å². The van der Waals surface area contributed by atoms with Crippen molar-refractivity contribution in [2.75, 3.05) is 19.8 Å². The Labute approximate surface area is 125 Å². The molecule has 0 saturated carbocycles. The highest BCUT2D eigenvalue weighted by Crippen LogP contribution is 2.22. The minimum atomic E-state index is -0.572. The van der Waals surface area contributed by atoms with Crippen molar-refractivity contribution in [3.8, 4) is 0 Å². The van der Waals surface area contributed by atoms with Gasteiger partial charge in [0.15, 0.2) is 5.79 Å². The van der Waals surface area contributed by atoms with Crippen LogP contribution in [0.2, 0.25) is 0 Å². The van der Waals surface area contributed by atoms with Crippen LogP contribution in [-0.2, 0) is 9.47 Å². The first-order valence-corrected chi connectivity index (χ1v) is 7.29. The van der Waals surface area contributed by atoms with E-state index >= 15 is 0 Å². The van der Waals surface area contributed by atoms with Crippen molar-refractivity contribution in [1.29, 1.82) is 0 Å². The van der Waals surface area contributed by atoms with Gasteiger partial charge < -0.3 is 24.5 Å². The Hall–Kier alpha value is -1.53. The molecular weight excluding hydrogens is 272 g/mol. The predicted octanol–water partition coefficient (Wildman–Crippen LogP) is 2.41. The second-order valence-electron chi connectivity index (χ2n) is 5.57. The highest BCUT2D eigenvalue weighted by molar-refractivity contribution is 5.74. The second-order valence-corrected chi connectivity index (χ2v) is 5.57. The van der Waals surface area contributed by atoms with Gasteiger partial charge in [0, 0.05) is 18.5 Å². The quantitative estimate of drug-likeness (QED) is 0.875. The van der Waals surface area contributed by atoms with E-state index in [0.717, 1.165) is 17.1 Å². The van der Waals surface area contributed by atoms with E-state index in [0.29, 0.717) is 26.2 Å². The van der Waals surface area contributed by atoms with Gasteiger partial charge in [-0.2, -0.15) is 0 Å². The molecule has 0 aliphatic carbocycles. The van der Waals surface area contributed by atoms with Crippen molar-refractivity contribution >= 4 is 6.03 Å². The van der Waals surface area contributed by atoms with E-state index in [4.69, 9.17) is 13.9 Å². The normalized spacial score (nSPS) is 18.5. The average Bonchev–Trinajstić information content (AvgIpc) is 2.96. The predicted molar refractivity (Wildman–Crippen MR) is 78.1 cm³/mol. The van der Waals surface area contributed by atoms with Crippen LogP contribution in [0.1, 0.15) is 43.4 Å². The maximum atomic E-state index is 11.9. The maximum absolute atomic E-state index is 11.9. The Morgan fingerprint density at radius 1 is 1.38 bits per heavy atom. The summed E-state index contributed by atoms with van der Waals surface area (Å²) in [4.78, 5) is 11.9. The van der Waals surface area contributed by atoms with Crippen LogP contribution in [0.4, 0.5) is 4.79 Å². The highest BCUT2D eigenvalue weighted by atomic mass is 16.7. The second kappa shape index (κ2) is 6.49. The number of hydrogen-bond donors (Lipinski definition) is 2. The molecule has 0 aromatic carbocycles. The molecule has 1 aromatic heterocycles. The number of aryl methyl sites for hydroxylation is 2. The lowest BCUT2D eigenvalue weighted by Crippen LogP contribution is -2.40. The molecule has 1 fully saturated rings. The molecule has 2 rings (SSSR count). The number of furan rings is 1. The number of urea groups is 1. The Morgan fingerprint density at radius 2 is 2.05 bits per heavy atom. The van der Waals surface area contributed by atoms with E-state index in [-0.39, 0.29) is 12.1 Å². The minimum Gasteiger partial charge on any atom is -0.466 e. The molecule has 2 amide bonds. The minimum absolute atomic E-state index is 0.1000. The molecule has 0 spiro atoms. The van der Waals surface area contributed by atoms with Gasteiger partial charge in [0.2, 0.25) is 0 Å². The molecule has 1 aliphatic heterocycles. The molecule has 118 valence electrons. The third kappa shape index (κ3) is 4.22. The van der Waals surface area contributed by atoms with E-state index in [9.17, 15) is 4.79 Å². The van der Waals surface area contributed by atoms with Gasteiger partial charge in [-0.1, -0.05) is 0 Å². The Bertz CT molecular complexity index is 492. The summed E-state index contributed by atoms with van der Waals surface area (Å²) in [7, 11) is 0. The number of amides is 2. The van der Waals surface area contributed by atoms with Crippen molar-refractivity contribution in [2.24, 2.45) is 0 Å². The van der Waals surface area contributed by atoms with E-state index in [2.05, 4.69) is 10.6 Å². The first-order valence-electron chi connectivity index (χ1n) is 7.29. The number of carbonyl (C=O) groups is 1. The van der Waals surface area contributed by atoms with Gasteiger partial charge in [-0.15, -0.1) is 0 Å². The van der Waals surface area contributed by atoms with E-state index < -0.39 is 5.79 Å². The summed E-state index contributed by atoms with van der Waals surface area (Å²) in [5, 5.41) is 5.72. The molecule has 2 heterocycles. The zero-order valence-corrected chi connectivity index (χ0v) is 13.1. The van der Waals surface area contributed by atoms with Crippen molar-refractivity contribution < 1.29 is 18.7 Å². The molecular formula is C15H24N2O4. The first-order chi connectivity index (χ1) is 9.89. The van der Waals surface area contributed by atoms with Crippen LogP contribution in [0.5, 0.6) is 0 Å². The van der Waals surface area contributed by atoms with Gasteiger partial charge in [-0.25, -0.2) is 4.79 Å². The monoisotopic (exact) mass is 296 g/mol. The fourth-order valence-corrected chi connectivity index (χ4v) is 2.51. The number of ether oxygens (including phenoxy) is 2. The van der Waals surface area contributed by atoms with Gasteiger partial charge in [0.05, 0.1) is 19.3 Å². The van der Waals surface area contributed by atoms with Crippen molar-refractivity contribution in [3.63, 3.8) is 0 Å². The van der Waals surface area contributed by atoms with E-state index in [1.165, 1.54) is 0 Å². The number of carbonyl (C=O) groups excluding carboxylic acids is 1. The number of hydrogen-bond acceptors (Lipinski definition) is 4. The van der Waals surface area contributed by atoms with Crippen LogP contribution in [0.3, 0.4) is 0 Å². The maximum Gasteiger partial charge on any atom is 0.315 e. The Morgan fingerprint density at radius 3 is 2.62 bits per heavy atom. The van der Waals surface area contributed by atoms with Crippen molar-refractivity contribution in [1.82, 2.24) is 10.6 Å². The lowest BCUT2D eigenvalue weighted by molar-refractivity contribution is -0.145. The third-order valence-electron chi connectivity index (χ3n) is 3.66. The Balaban J connectivity index is 1.75. The van der Waals surface area contributed by atoms with Gasteiger partial charge in [0.25, 0.3) is 0 Å². The summed E-state index contributed by atoms with van der Waals surface area (Å²) in [6.45, 7) is 9.33. The van der Waals surface area contributed by atoms with Crippen LogP contribution in [-0.4, -0.2) is 31.6 Å². The van der Waals surface area contributed by atoms with Crippen molar-refractivity contribution in [3.05, 3.63) is 23.2 Å². The van der Waals surface area contributed by atoms with Crippen LogP contribution in [0.25, 0.3) is 0 Å². The fourth-order valence-electron chi connectivity index (χ4n) is 2.51. The summed E-state index contributed by atoms with van der Waals surface area (Å²) in [5.41, 5.74) is 0.997. The zero-order valence-electron chi connectivity index (χ0n) is 13.1. The number of nitrogens with one attached hydrogen (secondary N) is 2. The molecule has 6 nitrogen and oxygen atoms in total. The van der Waals surface area contributed by atoms with Crippen LogP contribution >= 0.6 is 0 Å². The average molecular weight is 296 g/mol. The summed E-state index contributed by atoms with van der Waals surface area (Å²) < 4.78 is 16.4. The van der Waals surface area contributed by atoms with Crippen LogP contribution in [0.15, 0.2) is 10.5 Å². The molecule has 21 heavy (non-hydrogen) atoms. The Kier molecular flexibility index (Phi) is 4.90. The molecule has 1 unspecified atom stereocenters. The van der Waals surface area contributed by atoms with Crippen LogP contribution < -0.4 is 10.6 Å². The fraction of sp³-hybridized carbons (Fsp3) is 0.667.